The van der Waals surface area contributed by atoms with Gasteiger partial charge in [-0.25, -0.2) is 19.9 Å². The molecule has 0 aliphatic heterocycles. The highest BCUT2D eigenvalue weighted by Crippen LogP contribution is 2.33. The van der Waals surface area contributed by atoms with E-state index in [4.69, 9.17) is 24.0 Å². The van der Waals surface area contributed by atoms with Gasteiger partial charge in [0.15, 0.2) is 46.9 Å². The molecular formula is C76H72N12+4. The minimum atomic E-state index is -2.10. The highest BCUT2D eigenvalue weighted by atomic mass is 15.1. The number of aryl methyl sites for hydroxylation is 11. The predicted molar refractivity (Wildman–Crippen MR) is 355 cm³/mol. The second-order valence-electron chi connectivity index (χ2n) is 23.1. The van der Waals surface area contributed by atoms with Crippen LogP contribution in [0.4, 0.5) is 0 Å². The highest BCUT2D eigenvalue weighted by molar-refractivity contribution is 5.94. The number of benzene rings is 4. The van der Waals surface area contributed by atoms with Crippen molar-refractivity contribution in [1.82, 2.24) is 37.5 Å². The van der Waals surface area contributed by atoms with Gasteiger partial charge in [0.25, 0.3) is 0 Å². The standard InChI is InChI=1S/C20H20N3.2C19H18N3.C18H16N3/c1-13-11-14(2)15(3)16(12-13)20-19-17(8-10-22(20)4)23-9-6-5-7-18(23)21-19;2*1-13-7-8-15(14(2)12-13)19-18-16(9-11-21(19)3)22-10-5-4-6-17(22)20-18;1-13-7-3-4-8-14(13)18-17-15(10-12-20(18)2)21-11-6-5-9-16(21)19-17/h5-12H,1-4H3;2*4-12H,1-3H3;3-12H,1-2H3/q4*+1/i;1D3;;. The Morgan fingerprint density at radius 1 is 0.307 bits per heavy atom. The topological polar surface area (TPSA) is 84.7 Å². The van der Waals surface area contributed by atoms with Gasteiger partial charge in [0, 0.05) is 53.2 Å². The van der Waals surface area contributed by atoms with Crippen LogP contribution in [-0.2, 0) is 28.2 Å². The van der Waals surface area contributed by atoms with Crippen molar-refractivity contribution in [2.45, 2.75) is 55.3 Å². The van der Waals surface area contributed by atoms with Crippen molar-refractivity contribution < 1.29 is 22.4 Å². The maximum absolute atomic E-state index is 7.60. The second-order valence-corrected chi connectivity index (χ2v) is 23.1. The van der Waals surface area contributed by atoms with E-state index >= 15 is 0 Å². The maximum atomic E-state index is 7.60. The Hall–Kier alpha value is -10.7. The molecule has 0 unspecified atom stereocenters. The summed E-state index contributed by atoms with van der Waals surface area (Å²) in [5.74, 6) is 0. The number of rotatable bonds is 4. The summed E-state index contributed by atoms with van der Waals surface area (Å²) in [5, 5.41) is 0. The fourth-order valence-electron chi connectivity index (χ4n) is 12.5. The molecule has 0 bridgehead atoms. The zero-order valence-corrected chi connectivity index (χ0v) is 51.7. The van der Waals surface area contributed by atoms with Crippen LogP contribution >= 0.6 is 0 Å². The number of hydrogen-bond acceptors (Lipinski definition) is 4. The van der Waals surface area contributed by atoms with E-state index in [-0.39, 0.29) is 0 Å². The first-order valence-corrected chi connectivity index (χ1v) is 29.7. The molecule has 0 saturated heterocycles. The molecule has 0 aliphatic carbocycles. The van der Waals surface area contributed by atoms with Crippen molar-refractivity contribution >= 4 is 66.7 Å². The van der Waals surface area contributed by atoms with Gasteiger partial charge in [0.2, 0.25) is 22.8 Å². The average Bonchev–Trinajstić information content (AvgIpc) is 1.69. The summed E-state index contributed by atoms with van der Waals surface area (Å²) in [6.07, 6.45) is 16.5. The lowest BCUT2D eigenvalue weighted by Gasteiger charge is -2.09. The summed E-state index contributed by atoms with van der Waals surface area (Å²) >= 11 is 0. The number of hydrogen-bond donors (Lipinski definition) is 0. The monoisotopic (exact) mass is 1160 g/mol. The fraction of sp³-hybridized carbons (Fsp3) is 0.158. The number of aromatic nitrogens is 12. The molecule has 0 aliphatic rings. The summed E-state index contributed by atoms with van der Waals surface area (Å²) in [5.41, 5.74) is 30.6. The zero-order valence-electron chi connectivity index (χ0n) is 54.7. The molecule has 432 valence electrons. The Bertz CT molecular complexity index is 5510. The van der Waals surface area contributed by atoms with Crippen molar-refractivity contribution in [2.75, 3.05) is 0 Å². The first kappa shape index (κ1) is 52.8. The van der Waals surface area contributed by atoms with E-state index in [1.807, 2.05) is 110 Å². The number of nitrogens with zero attached hydrogens (tertiary/aromatic N) is 12. The van der Waals surface area contributed by atoms with Crippen LogP contribution in [0, 0.1) is 55.3 Å². The third kappa shape index (κ3) is 10.2. The van der Waals surface area contributed by atoms with E-state index in [0.717, 1.165) is 89.2 Å². The lowest BCUT2D eigenvalue weighted by Crippen LogP contribution is -2.31. The van der Waals surface area contributed by atoms with Gasteiger partial charge in [0.1, 0.15) is 50.8 Å². The molecule has 0 spiro atoms. The van der Waals surface area contributed by atoms with E-state index < -0.39 is 6.85 Å². The Kier molecular flexibility index (Phi) is 13.8. The Morgan fingerprint density at radius 3 is 1.01 bits per heavy atom. The van der Waals surface area contributed by atoms with Crippen molar-refractivity contribution in [3.8, 4) is 45.0 Å². The van der Waals surface area contributed by atoms with E-state index in [9.17, 15) is 0 Å². The Labute approximate surface area is 516 Å². The SMILES string of the molecule is Cc1cc(C)c(C)c(-c2c3nc4ccccn4c3cc[n+]2C)c1.Cc1ccc(-c2c3nc4ccccn4c3cc[n+]2C)c(C)c1.Cc1ccccc1-c1c2nc3ccccn3c2cc[n+]1C.[2H]C([2H])([2H])c1ccc(-c2c3nc4ccccn4c3cc[n+]2C)c(C)c1. The van der Waals surface area contributed by atoms with Crippen LogP contribution in [0.2, 0.25) is 0 Å². The largest absolute Gasteiger partial charge is 0.299 e. The summed E-state index contributed by atoms with van der Waals surface area (Å²) in [7, 11) is 8.23. The highest BCUT2D eigenvalue weighted by Gasteiger charge is 2.25. The number of imidazole rings is 4. The van der Waals surface area contributed by atoms with Crippen molar-refractivity contribution in [1.29, 1.82) is 0 Å². The predicted octanol–water partition coefficient (Wildman–Crippen LogP) is 14.4. The molecule has 88 heavy (non-hydrogen) atoms. The fourth-order valence-corrected chi connectivity index (χ4v) is 12.5. The molecule has 16 rings (SSSR count). The zero-order chi connectivity index (χ0) is 63.6. The van der Waals surface area contributed by atoms with Crippen LogP contribution in [0.1, 0.15) is 48.6 Å². The summed E-state index contributed by atoms with van der Waals surface area (Å²) in [6, 6.07) is 57.6. The van der Waals surface area contributed by atoms with Gasteiger partial charge in [0.05, 0.1) is 44.3 Å². The Balaban J connectivity index is 0.000000111. The molecule has 0 radical (unpaired) electrons. The number of pyridine rings is 8. The van der Waals surface area contributed by atoms with Crippen molar-refractivity contribution in [3.05, 3.63) is 264 Å². The van der Waals surface area contributed by atoms with Crippen LogP contribution in [0.5, 0.6) is 0 Å². The normalized spacial score (nSPS) is 12.1. The molecular weight excluding hydrogens is 1080 g/mol. The van der Waals surface area contributed by atoms with Crippen molar-refractivity contribution in [3.63, 3.8) is 0 Å². The molecule has 0 fully saturated rings. The molecule has 12 heterocycles. The molecule has 0 N–H and O–H groups in total. The summed E-state index contributed by atoms with van der Waals surface area (Å²) in [6.45, 7) is 12.8. The molecule has 0 amide bonds. The summed E-state index contributed by atoms with van der Waals surface area (Å²) < 4.78 is 39.8. The lowest BCUT2D eigenvalue weighted by molar-refractivity contribution is -0.659. The second kappa shape index (κ2) is 22.9. The van der Waals surface area contributed by atoms with Gasteiger partial charge >= 0.3 is 0 Å². The van der Waals surface area contributed by atoms with Gasteiger partial charge in [-0.15, -0.1) is 0 Å². The first-order valence-electron chi connectivity index (χ1n) is 31.2. The molecule has 12 heteroatoms. The molecule has 12 aromatic heterocycles. The minimum Gasteiger partial charge on any atom is -0.299 e. The third-order valence-electron chi connectivity index (χ3n) is 17.0. The summed E-state index contributed by atoms with van der Waals surface area (Å²) in [4.78, 5) is 19.4. The third-order valence-corrected chi connectivity index (χ3v) is 17.0. The van der Waals surface area contributed by atoms with Gasteiger partial charge in [-0.3, -0.25) is 17.6 Å². The molecule has 16 aromatic rings. The quantitative estimate of drug-likeness (QED) is 0.164. The van der Waals surface area contributed by atoms with Gasteiger partial charge in [-0.05, 0) is 156 Å². The van der Waals surface area contributed by atoms with Crippen LogP contribution in [-0.4, -0.2) is 37.5 Å². The van der Waals surface area contributed by atoms with Crippen molar-refractivity contribution in [2.24, 2.45) is 28.2 Å². The lowest BCUT2D eigenvalue weighted by atomic mass is 9.97. The van der Waals surface area contributed by atoms with Gasteiger partial charge in [-0.2, -0.15) is 18.3 Å². The first-order chi connectivity index (χ1) is 43.8. The molecule has 4 aromatic carbocycles. The average molecular weight is 1160 g/mol. The smallest absolute Gasteiger partial charge is 0.240 e. The van der Waals surface area contributed by atoms with Crippen LogP contribution < -0.4 is 18.3 Å². The van der Waals surface area contributed by atoms with Crippen LogP contribution in [0.15, 0.2) is 219 Å². The van der Waals surface area contributed by atoms with E-state index in [1.165, 1.54) is 61.5 Å². The Morgan fingerprint density at radius 2 is 0.636 bits per heavy atom. The van der Waals surface area contributed by atoms with Gasteiger partial charge < -0.3 is 0 Å². The number of fused-ring (bicyclic) bond motifs is 12. The van der Waals surface area contributed by atoms with Crippen LogP contribution in [0.3, 0.4) is 0 Å². The van der Waals surface area contributed by atoms with E-state index in [0.29, 0.717) is 5.56 Å². The molecule has 0 atom stereocenters. The maximum Gasteiger partial charge on any atom is 0.240 e. The van der Waals surface area contributed by atoms with E-state index in [1.54, 1.807) is 12.1 Å². The minimum absolute atomic E-state index is 0.360. The van der Waals surface area contributed by atoms with Crippen LogP contribution in [0.25, 0.3) is 112 Å². The van der Waals surface area contributed by atoms with Gasteiger partial charge in [-0.1, -0.05) is 89.5 Å². The molecule has 12 nitrogen and oxygen atoms in total. The molecule has 0 saturated carbocycles. The van der Waals surface area contributed by atoms with E-state index in [2.05, 4.69) is 210 Å².